The fourth-order valence-corrected chi connectivity index (χ4v) is 2.23. The largest absolute Gasteiger partial charge is 0.469 e. The monoisotopic (exact) mass is 350 g/mol. The van der Waals surface area contributed by atoms with E-state index in [1.165, 1.54) is 7.11 Å². The number of ether oxygens (including phenoxy) is 2. The highest BCUT2D eigenvalue weighted by atomic mass is 16.5. The minimum atomic E-state index is -0.546. The predicted molar refractivity (Wildman–Crippen MR) is 94.5 cm³/mol. The number of esters is 2. The maximum Gasteiger partial charge on any atom is 0.338 e. The summed E-state index contributed by atoms with van der Waals surface area (Å²) >= 11 is 0. The molecule has 0 saturated heterocycles. The third-order valence-electron chi connectivity index (χ3n) is 3.67. The molecule has 0 saturated carbocycles. The van der Waals surface area contributed by atoms with Crippen molar-refractivity contribution in [2.24, 2.45) is 0 Å². The molecule has 1 amide bonds. The quantitative estimate of drug-likeness (QED) is 0.511. The van der Waals surface area contributed by atoms with Crippen molar-refractivity contribution in [2.75, 3.05) is 38.3 Å². The van der Waals surface area contributed by atoms with Crippen molar-refractivity contribution in [1.82, 2.24) is 5.32 Å². The minimum absolute atomic E-state index is 0.232. The molecule has 0 aliphatic rings. The molecule has 0 heterocycles. The van der Waals surface area contributed by atoms with Crippen molar-refractivity contribution >= 4 is 23.5 Å². The first kappa shape index (κ1) is 20.5. The van der Waals surface area contributed by atoms with E-state index in [1.807, 2.05) is 12.1 Å². The van der Waals surface area contributed by atoms with Gasteiger partial charge in [-0.25, -0.2) is 4.79 Å². The number of nitrogens with zero attached hydrogens (tertiary/aromatic N) is 1. The van der Waals surface area contributed by atoms with Gasteiger partial charge in [0.25, 0.3) is 5.91 Å². The number of rotatable bonds is 10. The van der Waals surface area contributed by atoms with Crippen LogP contribution in [0.1, 0.15) is 37.0 Å². The first-order valence-corrected chi connectivity index (χ1v) is 8.37. The van der Waals surface area contributed by atoms with Gasteiger partial charge in [-0.1, -0.05) is 0 Å². The van der Waals surface area contributed by atoms with Crippen molar-refractivity contribution in [2.45, 2.75) is 26.7 Å². The van der Waals surface area contributed by atoms with Crippen molar-refractivity contribution in [3.8, 4) is 0 Å². The second-order valence-electron chi connectivity index (χ2n) is 5.32. The van der Waals surface area contributed by atoms with E-state index in [-0.39, 0.29) is 19.0 Å². The molecule has 1 N–H and O–H groups in total. The van der Waals surface area contributed by atoms with Gasteiger partial charge in [0.1, 0.15) is 0 Å². The van der Waals surface area contributed by atoms with Crippen LogP contribution in [0.25, 0.3) is 0 Å². The number of hydrogen-bond donors (Lipinski definition) is 1. The third-order valence-corrected chi connectivity index (χ3v) is 3.67. The number of amides is 1. The van der Waals surface area contributed by atoms with E-state index >= 15 is 0 Å². The maximum absolute atomic E-state index is 12.0. The third kappa shape index (κ3) is 7.24. The molecule has 0 aliphatic heterocycles. The lowest BCUT2D eigenvalue weighted by molar-refractivity contribution is -0.140. The van der Waals surface area contributed by atoms with Crippen LogP contribution in [-0.2, 0) is 19.1 Å². The number of benzene rings is 1. The van der Waals surface area contributed by atoms with Gasteiger partial charge in [-0.3, -0.25) is 9.59 Å². The Morgan fingerprint density at radius 2 is 1.72 bits per heavy atom. The first-order valence-electron chi connectivity index (χ1n) is 8.37. The van der Waals surface area contributed by atoms with Gasteiger partial charge in [0.15, 0.2) is 6.61 Å². The summed E-state index contributed by atoms with van der Waals surface area (Å²) in [6, 6.07) is 7.08. The molecular formula is C18H26N2O5. The second kappa shape index (κ2) is 11.1. The Morgan fingerprint density at radius 3 is 2.28 bits per heavy atom. The molecule has 7 nitrogen and oxygen atoms in total. The van der Waals surface area contributed by atoms with Crippen molar-refractivity contribution < 1.29 is 23.9 Å². The van der Waals surface area contributed by atoms with Gasteiger partial charge in [-0.2, -0.15) is 0 Å². The summed E-state index contributed by atoms with van der Waals surface area (Å²) in [6.07, 6.45) is 0.703. The first-order chi connectivity index (χ1) is 12.0. The molecule has 7 heteroatoms. The van der Waals surface area contributed by atoms with E-state index < -0.39 is 11.9 Å². The van der Waals surface area contributed by atoms with Gasteiger partial charge in [-0.15, -0.1) is 0 Å². The smallest absolute Gasteiger partial charge is 0.338 e. The van der Waals surface area contributed by atoms with Crippen LogP contribution in [0.2, 0.25) is 0 Å². The highest BCUT2D eigenvalue weighted by molar-refractivity contribution is 5.91. The molecular weight excluding hydrogens is 324 g/mol. The molecule has 0 radical (unpaired) electrons. The Balaban J connectivity index is 2.36. The van der Waals surface area contributed by atoms with Crippen LogP contribution in [-0.4, -0.2) is 51.2 Å². The summed E-state index contributed by atoms with van der Waals surface area (Å²) in [5, 5.41) is 2.58. The van der Waals surface area contributed by atoms with E-state index in [2.05, 4.69) is 28.8 Å². The Bertz CT molecular complexity index is 567. The average molecular weight is 350 g/mol. The van der Waals surface area contributed by atoms with E-state index in [0.29, 0.717) is 18.5 Å². The summed E-state index contributed by atoms with van der Waals surface area (Å²) < 4.78 is 9.48. The molecule has 0 atom stereocenters. The second-order valence-corrected chi connectivity index (χ2v) is 5.32. The normalized spacial score (nSPS) is 10.0. The lowest BCUT2D eigenvalue weighted by atomic mass is 10.2. The average Bonchev–Trinajstić information content (AvgIpc) is 2.64. The Hall–Kier alpha value is -2.57. The Kier molecular flexibility index (Phi) is 9.06. The Morgan fingerprint density at radius 1 is 1.08 bits per heavy atom. The molecule has 0 unspecified atom stereocenters. The minimum Gasteiger partial charge on any atom is -0.469 e. The maximum atomic E-state index is 12.0. The fraction of sp³-hybridized carbons (Fsp3) is 0.500. The molecule has 25 heavy (non-hydrogen) atoms. The zero-order valence-electron chi connectivity index (χ0n) is 15.0. The standard InChI is InChI=1S/C18H26N2O5/c1-4-20(5-2)15-10-8-14(9-11-15)18(23)25-13-16(21)19-12-6-7-17(22)24-3/h8-11H,4-7,12-13H2,1-3H3,(H,19,21). The van der Waals surface area contributed by atoms with E-state index in [1.54, 1.807) is 12.1 Å². The van der Waals surface area contributed by atoms with Crippen LogP contribution in [0.3, 0.4) is 0 Å². The lowest BCUT2D eigenvalue weighted by Crippen LogP contribution is -2.30. The Labute approximate surface area is 148 Å². The highest BCUT2D eigenvalue weighted by Crippen LogP contribution is 2.15. The SMILES string of the molecule is CCN(CC)c1ccc(C(=O)OCC(=O)NCCCC(=O)OC)cc1. The summed E-state index contributed by atoms with van der Waals surface area (Å²) in [6.45, 7) is 5.87. The molecule has 0 spiro atoms. The van der Waals surface area contributed by atoms with Crippen LogP contribution in [0.5, 0.6) is 0 Å². The number of methoxy groups -OCH3 is 1. The number of anilines is 1. The van der Waals surface area contributed by atoms with Crippen LogP contribution in [0, 0.1) is 0 Å². The van der Waals surface area contributed by atoms with Gasteiger partial charge in [0.2, 0.25) is 0 Å². The fourth-order valence-electron chi connectivity index (χ4n) is 2.23. The summed E-state index contributed by atoms with van der Waals surface area (Å²) in [7, 11) is 1.31. The topological polar surface area (TPSA) is 84.9 Å². The number of hydrogen-bond acceptors (Lipinski definition) is 6. The molecule has 0 aromatic heterocycles. The zero-order chi connectivity index (χ0) is 18.7. The van der Waals surface area contributed by atoms with E-state index in [0.717, 1.165) is 18.8 Å². The molecule has 1 rings (SSSR count). The molecule has 0 fully saturated rings. The molecule has 1 aromatic carbocycles. The molecule has 0 aliphatic carbocycles. The van der Waals surface area contributed by atoms with Crippen LogP contribution < -0.4 is 10.2 Å². The van der Waals surface area contributed by atoms with Crippen molar-refractivity contribution in [1.29, 1.82) is 0 Å². The highest BCUT2D eigenvalue weighted by Gasteiger charge is 2.11. The summed E-state index contributed by atoms with van der Waals surface area (Å²) in [5.74, 6) is -1.28. The van der Waals surface area contributed by atoms with Crippen molar-refractivity contribution in [3.63, 3.8) is 0 Å². The zero-order valence-corrected chi connectivity index (χ0v) is 15.0. The number of nitrogens with one attached hydrogen (secondary N) is 1. The number of carbonyl (C=O) groups is 3. The molecule has 1 aromatic rings. The molecule has 138 valence electrons. The van der Waals surface area contributed by atoms with E-state index in [4.69, 9.17) is 4.74 Å². The van der Waals surface area contributed by atoms with Gasteiger partial charge in [0.05, 0.1) is 12.7 Å². The predicted octanol–water partition coefficient (Wildman–Crippen LogP) is 1.76. The van der Waals surface area contributed by atoms with Gasteiger partial charge in [-0.05, 0) is 44.5 Å². The van der Waals surface area contributed by atoms with Crippen LogP contribution in [0.15, 0.2) is 24.3 Å². The van der Waals surface area contributed by atoms with Gasteiger partial charge < -0.3 is 19.7 Å². The van der Waals surface area contributed by atoms with Gasteiger partial charge in [0, 0.05) is 31.7 Å². The van der Waals surface area contributed by atoms with Crippen LogP contribution >= 0.6 is 0 Å². The van der Waals surface area contributed by atoms with Gasteiger partial charge >= 0.3 is 11.9 Å². The summed E-state index contributed by atoms with van der Waals surface area (Å²) in [5.41, 5.74) is 1.43. The van der Waals surface area contributed by atoms with Crippen molar-refractivity contribution in [3.05, 3.63) is 29.8 Å². The lowest BCUT2D eigenvalue weighted by Gasteiger charge is -2.20. The summed E-state index contributed by atoms with van der Waals surface area (Å²) in [4.78, 5) is 36.6. The number of carbonyl (C=O) groups excluding carboxylic acids is 3. The van der Waals surface area contributed by atoms with Crippen LogP contribution in [0.4, 0.5) is 5.69 Å². The van der Waals surface area contributed by atoms with E-state index in [9.17, 15) is 14.4 Å². The molecule has 0 bridgehead atoms.